The molecule has 0 unspecified atom stereocenters. The summed E-state index contributed by atoms with van der Waals surface area (Å²) in [4.78, 5) is 15.7. The Morgan fingerprint density at radius 2 is 2.17 bits per heavy atom. The summed E-state index contributed by atoms with van der Waals surface area (Å²) < 4.78 is 2.21. The Labute approximate surface area is 104 Å². The molecule has 0 radical (unpaired) electrons. The molecule has 2 aliphatic rings. The van der Waals surface area contributed by atoms with Crippen LogP contribution in [0.3, 0.4) is 0 Å². The minimum Gasteiger partial charge on any atom is -0.481 e. The van der Waals surface area contributed by atoms with Crippen LogP contribution in [-0.2, 0) is 10.2 Å². The van der Waals surface area contributed by atoms with Crippen LogP contribution in [0.4, 0.5) is 0 Å². The quantitative estimate of drug-likeness (QED) is 0.899. The van der Waals surface area contributed by atoms with Gasteiger partial charge in [0.05, 0.1) is 22.8 Å². The van der Waals surface area contributed by atoms with E-state index in [2.05, 4.69) is 9.55 Å². The number of fused-ring (bicyclic) bond motifs is 1. The Morgan fingerprint density at radius 1 is 1.39 bits per heavy atom. The van der Waals surface area contributed by atoms with Crippen molar-refractivity contribution in [2.45, 2.75) is 37.1 Å². The number of imidazole rings is 1. The van der Waals surface area contributed by atoms with Crippen LogP contribution in [0.15, 0.2) is 24.5 Å². The average Bonchev–Trinajstić information content (AvgIpc) is 3.26. The van der Waals surface area contributed by atoms with Crippen molar-refractivity contribution < 1.29 is 9.90 Å². The fourth-order valence-electron chi connectivity index (χ4n) is 2.72. The van der Waals surface area contributed by atoms with E-state index in [0.717, 1.165) is 29.4 Å². The summed E-state index contributed by atoms with van der Waals surface area (Å²) in [5.74, 6) is -0.705. The summed E-state index contributed by atoms with van der Waals surface area (Å²) in [7, 11) is 0. The van der Waals surface area contributed by atoms with Gasteiger partial charge < -0.3 is 9.67 Å². The summed E-state index contributed by atoms with van der Waals surface area (Å²) in [6.07, 6.45) is 5.83. The number of nitrogens with zero attached hydrogens (tertiary/aromatic N) is 2. The van der Waals surface area contributed by atoms with E-state index < -0.39 is 11.4 Å². The normalized spacial score (nSPS) is 21.1. The third kappa shape index (κ3) is 1.26. The van der Waals surface area contributed by atoms with E-state index in [1.165, 1.54) is 12.8 Å². The number of carboxylic acid groups (broad SMARTS) is 1. The highest BCUT2D eigenvalue weighted by Gasteiger charge is 2.51. The molecule has 0 bridgehead atoms. The SMILES string of the molecule is O=C(O)C1(c2ccc3c(c2)ncn3C2CC2)CC1. The Morgan fingerprint density at radius 3 is 2.78 bits per heavy atom. The predicted octanol–water partition coefficient (Wildman–Crippen LogP) is 2.49. The van der Waals surface area contributed by atoms with Gasteiger partial charge in [0.25, 0.3) is 0 Å². The van der Waals surface area contributed by atoms with Gasteiger partial charge >= 0.3 is 5.97 Å². The van der Waals surface area contributed by atoms with Gasteiger partial charge in [0.2, 0.25) is 0 Å². The zero-order valence-electron chi connectivity index (χ0n) is 9.97. The largest absolute Gasteiger partial charge is 0.481 e. The van der Waals surface area contributed by atoms with Gasteiger partial charge in [-0.3, -0.25) is 4.79 Å². The van der Waals surface area contributed by atoms with E-state index in [0.29, 0.717) is 6.04 Å². The number of carboxylic acids is 1. The first-order valence-electron chi connectivity index (χ1n) is 6.41. The predicted molar refractivity (Wildman–Crippen MR) is 66.6 cm³/mol. The molecule has 0 saturated heterocycles. The molecule has 0 aliphatic heterocycles. The van der Waals surface area contributed by atoms with Crippen LogP contribution in [0, 0.1) is 0 Å². The summed E-state index contributed by atoms with van der Waals surface area (Å²) >= 11 is 0. The standard InChI is InChI=1S/C14H14N2O2/c17-13(18)14(5-6-14)9-1-4-12-11(7-9)15-8-16(12)10-2-3-10/h1,4,7-8,10H,2-3,5-6H2,(H,17,18). The molecule has 4 heteroatoms. The Bertz CT molecular complexity index is 651. The van der Waals surface area contributed by atoms with Crippen LogP contribution < -0.4 is 0 Å². The average molecular weight is 242 g/mol. The van der Waals surface area contributed by atoms with Gasteiger partial charge in [0.1, 0.15) is 0 Å². The zero-order chi connectivity index (χ0) is 12.3. The Hall–Kier alpha value is -1.84. The molecule has 4 nitrogen and oxygen atoms in total. The van der Waals surface area contributed by atoms with Gasteiger partial charge in [0, 0.05) is 6.04 Å². The molecule has 0 spiro atoms. The second-order valence-corrected chi connectivity index (χ2v) is 5.47. The third-order valence-electron chi connectivity index (χ3n) is 4.23. The minimum atomic E-state index is -0.705. The fraction of sp³-hybridized carbons (Fsp3) is 0.429. The second-order valence-electron chi connectivity index (χ2n) is 5.47. The van der Waals surface area contributed by atoms with E-state index in [9.17, 15) is 9.90 Å². The van der Waals surface area contributed by atoms with Crippen LogP contribution in [-0.4, -0.2) is 20.6 Å². The van der Waals surface area contributed by atoms with Crippen molar-refractivity contribution in [1.82, 2.24) is 9.55 Å². The maximum absolute atomic E-state index is 11.3. The lowest BCUT2D eigenvalue weighted by molar-refractivity contribution is -0.140. The van der Waals surface area contributed by atoms with Crippen LogP contribution in [0.25, 0.3) is 11.0 Å². The number of rotatable bonds is 3. The highest BCUT2D eigenvalue weighted by molar-refractivity contribution is 5.87. The van der Waals surface area contributed by atoms with Crippen molar-refractivity contribution in [1.29, 1.82) is 0 Å². The number of hydrogen-bond acceptors (Lipinski definition) is 2. The molecule has 0 amide bonds. The summed E-state index contributed by atoms with van der Waals surface area (Å²) in [5.41, 5.74) is 2.33. The zero-order valence-corrected chi connectivity index (χ0v) is 9.97. The minimum absolute atomic E-state index is 0.607. The van der Waals surface area contributed by atoms with Crippen molar-refractivity contribution in [3.8, 4) is 0 Å². The maximum atomic E-state index is 11.3. The van der Waals surface area contributed by atoms with E-state index in [4.69, 9.17) is 0 Å². The molecule has 4 rings (SSSR count). The summed E-state index contributed by atoms with van der Waals surface area (Å²) in [6.45, 7) is 0. The monoisotopic (exact) mass is 242 g/mol. The lowest BCUT2D eigenvalue weighted by Gasteiger charge is -2.10. The van der Waals surface area contributed by atoms with Crippen molar-refractivity contribution in [2.75, 3.05) is 0 Å². The first kappa shape index (κ1) is 10.1. The van der Waals surface area contributed by atoms with Crippen LogP contribution in [0.1, 0.15) is 37.3 Å². The Kier molecular flexibility index (Phi) is 1.76. The molecule has 92 valence electrons. The second kappa shape index (κ2) is 3.13. The highest BCUT2D eigenvalue weighted by atomic mass is 16.4. The molecule has 1 heterocycles. The van der Waals surface area contributed by atoms with E-state index in [-0.39, 0.29) is 0 Å². The lowest BCUT2D eigenvalue weighted by atomic mass is 9.96. The molecular formula is C14H14N2O2. The number of hydrogen-bond donors (Lipinski definition) is 1. The molecular weight excluding hydrogens is 228 g/mol. The summed E-state index contributed by atoms with van der Waals surface area (Å²) in [5, 5.41) is 9.31. The van der Waals surface area contributed by atoms with Crippen molar-refractivity contribution in [2.24, 2.45) is 0 Å². The van der Waals surface area contributed by atoms with E-state index >= 15 is 0 Å². The van der Waals surface area contributed by atoms with Crippen LogP contribution >= 0.6 is 0 Å². The maximum Gasteiger partial charge on any atom is 0.314 e. The van der Waals surface area contributed by atoms with Crippen molar-refractivity contribution >= 4 is 17.0 Å². The van der Waals surface area contributed by atoms with Crippen LogP contribution in [0.2, 0.25) is 0 Å². The number of aliphatic carboxylic acids is 1. The van der Waals surface area contributed by atoms with E-state index in [1.54, 1.807) is 0 Å². The number of aromatic nitrogens is 2. The molecule has 0 atom stereocenters. The molecule has 2 fully saturated rings. The fourth-order valence-corrected chi connectivity index (χ4v) is 2.72. The van der Waals surface area contributed by atoms with Crippen molar-refractivity contribution in [3.63, 3.8) is 0 Å². The first-order valence-corrected chi connectivity index (χ1v) is 6.41. The first-order chi connectivity index (χ1) is 8.71. The molecule has 2 aromatic rings. The molecule has 1 aromatic heterocycles. The van der Waals surface area contributed by atoms with Gasteiger partial charge in [-0.25, -0.2) is 4.98 Å². The molecule has 18 heavy (non-hydrogen) atoms. The van der Waals surface area contributed by atoms with Gasteiger partial charge in [-0.1, -0.05) is 6.07 Å². The molecule has 1 N–H and O–H groups in total. The van der Waals surface area contributed by atoms with Gasteiger partial charge in [0.15, 0.2) is 0 Å². The number of benzene rings is 1. The van der Waals surface area contributed by atoms with E-state index in [1.807, 2.05) is 24.5 Å². The number of carbonyl (C=O) groups is 1. The van der Waals surface area contributed by atoms with Crippen LogP contribution in [0.5, 0.6) is 0 Å². The third-order valence-corrected chi connectivity index (χ3v) is 4.23. The molecule has 1 aromatic carbocycles. The van der Waals surface area contributed by atoms with Gasteiger partial charge in [-0.2, -0.15) is 0 Å². The summed E-state index contributed by atoms with van der Waals surface area (Å²) in [6, 6.07) is 6.55. The van der Waals surface area contributed by atoms with Gasteiger partial charge in [-0.15, -0.1) is 0 Å². The molecule has 2 saturated carbocycles. The Balaban J connectivity index is 1.83. The smallest absolute Gasteiger partial charge is 0.314 e. The topological polar surface area (TPSA) is 55.1 Å². The van der Waals surface area contributed by atoms with Crippen molar-refractivity contribution in [3.05, 3.63) is 30.1 Å². The molecule has 2 aliphatic carbocycles. The van der Waals surface area contributed by atoms with Gasteiger partial charge in [-0.05, 0) is 43.4 Å². The lowest BCUT2D eigenvalue weighted by Crippen LogP contribution is -2.19. The highest BCUT2D eigenvalue weighted by Crippen LogP contribution is 2.49.